The lowest BCUT2D eigenvalue weighted by Crippen LogP contribution is -2.02. The van der Waals surface area contributed by atoms with Gasteiger partial charge in [-0.2, -0.15) is 0 Å². The van der Waals surface area contributed by atoms with Crippen LogP contribution in [0.2, 0.25) is 10.0 Å². The molecule has 92 valence electrons. The van der Waals surface area contributed by atoms with Gasteiger partial charge in [-0.05, 0) is 36.2 Å². The van der Waals surface area contributed by atoms with E-state index in [1.54, 1.807) is 24.3 Å². The normalized spacial score (nSPS) is 10.4. The molecule has 0 N–H and O–H groups in total. The SMILES string of the molecule is CCc1cccc(C(=O)c2ccc(Cl)cc2Cl)c1. The molecule has 1 nitrogen and oxygen atoms in total. The summed E-state index contributed by atoms with van der Waals surface area (Å²) in [4.78, 5) is 12.3. The van der Waals surface area contributed by atoms with Crippen LogP contribution in [0.25, 0.3) is 0 Å². The van der Waals surface area contributed by atoms with Crippen molar-refractivity contribution in [3.05, 3.63) is 69.2 Å². The molecule has 0 spiro atoms. The van der Waals surface area contributed by atoms with Crippen LogP contribution in [0.1, 0.15) is 28.4 Å². The molecular formula is C15H12Cl2O. The maximum atomic E-state index is 12.3. The Morgan fingerprint density at radius 1 is 1.11 bits per heavy atom. The second-order valence-corrected chi connectivity index (χ2v) is 4.85. The van der Waals surface area contributed by atoms with Gasteiger partial charge in [-0.15, -0.1) is 0 Å². The first kappa shape index (κ1) is 13.1. The average Bonchev–Trinajstić information content (AvgIpc) is 2.38. The Hall–Kier alpha value is -1.31. The molecule has 0 bridgehead atoms. The predicted molar refractivity (Wildman–Crippen MR) is 75.7 cm³/mol. The Bertz CT molecular complexity index is 591. The van der Waals surface area contributed by atoms with Gasteiger partial charge in [0.05, 0.1) is 5.02 Å². The van der Waals surface area contributed by atoms with Crippen molar-refractivity contribution in [2.75, 3.05) is 0 Å². The number of halogens is 2. The number of benzene rings is 2. The highest BCUT2D eigenvalue weighted by Crippen LogP contribution is 2.23. The van der Waals surface area contributed by atoms with Crippen LogP contribution in [0.5, 0.6) is 0 Å². The monoisotopic (exact) mass is 278 g/mol. The zero-order chi connectivity index (χ0) is 13.1. The third-order valence-electron chi connectivity index (χ3n) is 2.77. The number of aryl methyl sites for hydroxylation is 1. The fraction of sp³-hybridized carbons (Fsp3) is 0.133. The third kappa shape index (κ3) is 2.74. The molecule has 0 atom stereocenters. The van der Waals surface area contributed by atoms with Crippen LogP contribution in [0, 0.1) is 0 Å². The average molecular weight is 279 g/mol. The lowest BCUT2D eigenvalue weighted by molar-refractivity contribution is 0.103. The van der Waals surface area contributed by atoms with Crippen LogP contribution in [0.15, 0.2) is 42.5 Å². The molecule has 0 amide bonds. The molecule has 2 rings (SSSR count). The minimum absolute atomic E-state index is 0.0769. The van der Waals surface area contributed by atoms with Gasteiger partial charge >= 0.3 is 0 Å². The second-order valence-electron chi connectivity index (χ2n) is 4.01. The predicted octanol–water partition coefficient (Wildman–Crippen LogP) is 4.79. The Morgan fingerprint density at radius 2 is 1.89 bits per heavy atom. The largest absolute Gasteiger partial charge is 0.289 e. The highest BCUT2D eigenvalue weighted by molar-refractivity contribution is 6.37. The molecule has 0 aliphatic rings. The van der Waals surface area contributed by atoms with Crippen molar-refractivity contribution in [3.63, 3.8) is 0 Å². The number of hydrogen-bond acceptors (Lipinski definition) is 1. The van der Waals surface area contributed by atoms with E-state index in [0.29, 0.717) is 21.2 Å². The zero-order valence-electron chi connectivity index (χ0n) is 9.91. The molecule has 0 aliphatic carbocycles. The summed E-state index contributed by atoms with van der Waals surface area (Å²) in [6.07, 6.45) is 0.898. The Morgan fingerprint density at radius 3 is 2.56 bits per heavy atom. The van der Waals surface area contributed by atoms with Gasteiger partial charge in [0, 0.05) is 16.1 Å². The van der Waals surface area contributed by atoms with E-state index in [-0.39, 0.29) is 5.78 Å². The lowest BCUT2D eigenvalue weighted by atomic mass is 10.0. The second kappa shape index (κ2) is 5.55. The summed E-state index contributed by atoms with van der Waals surface area (Å²) in [5.41, 5.74) is 2.26. The first-order valence-electron chi connectivity index (χ1n) is 5.70. The molecular weight excluding hydrogens is 267 g/mol. The van der Waals surface area contributed by atoms with Crippen molar-refractivity contribution in [1.82, 2.24) is 0 Å². The molecule has 0 fully saturated rings. The van der Waals surface area contributed by atoms with Crippen LogP contribution in [0.3, 0.4) is 0 Å². The summed E-state index contributed by atoms with van der Waals surface area (Å²) in [7, 11) is 0. The van der Waals surface area contributed by atoms with Crippen molar-refractivity contribution in [1.29, 1.82) is 0 Å². The van der Waals surface area contributed by atoms with Gasteiger partial charge in [-0.1, -0.05) is 48.3 Å². The quantitative estimate of drug-likeness (QED) is 0.738. The van der Waals surface area contributed by atoms with E-state index >= 15 is 0 Å². The van der Waals surface area contributed by atoms with Gasteiger partial charge in [0.15, 0.2) is 5.78 Å². The highest BCUT2D eigenvalue weighted by atomic mass is 35.5. The van der Waals surface area contributed by atoms with Crippen LogP contribution < -0.4 is 0 Å². The van der Waals surface area contributed by atoms with Gasteiger partial charge in [0.2, 0.25) is 0 Å². The number of rotatable bonds is 3. The van der Waals surface area contributed by atoms with E-state index in [1.807, 2.05) is 18.2 Å². The standard InChI is InChI=1S/C15H12Cl2O/c1-2-10-4-3-5-11(8-10)15(18)13-7-6-12(16)9-14(13)17/h3-9H,2H2,1H3. The van der Waals surface area contributed by atoms with E-state index < -0.39 is 0 Å². The lowest BCUT2D eigenvalue weighted by Gasteiger charge is -2.05. The topological polar surface area (TPSA) is 17.1 Å². The summed E-state index contributed by atoms with van der Waals surface area (Å²) < 4.78 is 0. The summed E-state index contributed by atoms with van der Waals surface area (Å²) in [5, 5.41) is 0.910. The molecule has 2 aromatic rings. The molecule has 0 saturated heterocycles. The van der Waals surface area contributed by atoms with Gasteiger partial charge < -0.3 is 0 Å². The van der Waals surface area contributed by atoms with Gasteiger partial charge in [0.1, 0.15) is 0 Å². The first-order valence-corrected chi connectivity index (χ1v) is 6.46. The molecule has 2 aromatic carbocycles. The van der Waals surface area contributed by atoms with E-state index in [0.717, 1.165) is 12.0 Å². The Kier molecular flexibility index (Phi) is 4.05. The number of hydrogen-bond donors (Lipinski definition) is 0. The van der Waals surface area contributed by atoms with E-state index in [2.05, 4.69) is 6.92 Å². The Labute approximate surface area is 116 Å². The summed E-state index contributed by atoms with van der Waals surface area (Å²) in [6, 6.07) is 12.5. The van der Waals surface area contributed by atoms with Crippen molar-refractivity contribution in [2.24, 2.45) is 0 Å². The number of carbonyl (C=O) groups is 1. The van der Waals surface area contributed by atoms with Gasteiger partial charge in [-0.25, -0.2) is 0 Å². The molecule has 0 aliphatic heterocycles. The van der Waals surface area contributed by atoms with E-state index in [9.17, 15) is 4.79 Å². The van der Waals surface area contributed by atoms with Crippen molar-refractivity contribution in [2.45, 2.75) is 13.3 Å². The molecule has 0 aromatic heterocycles. The third-order valence-corrected chi connectivity index (χ3v) is 3.32. The zero-order valence-corrected chi connectivity index (χ0v) is 11.4. The molecule has 0 radical (unpaired) electrons. The maximum absolute atomic E-state index is 12.3. The maximum Gasteiger partial charge on any atom is 0.194 e. The fourth-order valence-electron chi connectivity index (χ4n) is 1.76. The van der Waals surface area contributed by atoms with Crippen LogP contribution in [0.4, 0.5) is 0 Å². The number of carbonyl (C=O) groups excluding carboxylic acids is 1. The van der Waals surface area contributed by atoms with Crippen molar-refractivity contribution < 1.29 is 4.79 Å². The molecule has 3 heteroatoms. The summed E-state index contributed by atoms with van der Waals surface area (Å²) in [5.74, 6) is -0.0769. The van der Waals surface area contributed by atoms with Crippen molar-refractivity contribution >= 4 is 29.0 Å². The molecule has 0 saturated carbocycles. The molecule has 18 heavy (non-hydrogen) atoms. The van der Waals surface area contributed by atoms with Crippen LogP contribution >= 0.6 is 23.2 Å². The molecule has 0 heterocycles. The van der Waals surface area contributed by atoms with E-state index in [1.165, 1.54) is 0 Å². The minimum Gasteiger partial charge on any atom is -0.289 e. The van der Waals surface area contributed by atoms with Gasteiger partial charge in [0.25, 0.3) is 0 Å². The molecule has 0 unspecified atom stereocenters. The van der Waals surface area contributed by atoms with Crippen LogP contribution in [-0.2, 0) is 6.42 Å². The number of ketones is 1. The highest BCUT2D eigenvalue weighted by Gasteiger charge is 2.13. The Balaban J connectivity index is 2.41. The first-order chi connectivity index (χ1) is 8.61. The smallest absolute Gasteiger partial charge is 0.194 e. The van der Waals surface area contributed by atoms with Crippen molar-refractivity contribution in [3.8, 4) is 0 Å². The fourth-order valence-corrected chi connectivity index (χ4v) is 2.26. The summed E-state index contributed by atoms with van der Waals surface area (Å²) in [6.45, 7) is 2.05. The minimum atomic E-state index is -0.0769. The summed E-state index contributed by atoms with van der Waals surface area (Å²) >= 11 is 11.9. The van der Waals surface area contributed by atoms with E-state index in [4.69, 9.17) is 23.2 Å². The van der Waals surface area contributed by atoms with Crippen LogP contribution in [-0.4, -0.2) is 5.78 Å². The van der Waals surface area contributed by atoms with Gasteiger partial charge in [-0.3, -0.25) is 4.79 Å².